The van der Waals surface area contributed by atoms with Gasteiger partial charge in [-0.25, -0.2) is 4.79 Å². The fraction of sp³-hybridized carbons (Fsp3) is 0.944. The van der Waals surface area contributed by atoms with Gasteiger partial charge in [-0.3, -0.25) is 0 Å². The maximum absolute atomic E-state index is 12.2. The summed E-state index contributed by atoms with van der Waals surface area (Å²) in [4.78, 5) is 14.1. The number of carbonyl (C=O) groups is 1. The lowest BCUT2D eigenvalue weighted by Gasteiger charge is -2.40. The summed E-state index contributed by atoms with van der Waals surface area (Å²) in [5.74, 6) is 1.62. The fourth-order valence-corrected chi connectivity index (χ4v) is 3.96. The van der Waals surface area contributed by atoms with Crippen molar-refractivity contribution in [2.24, 2.45) is 17.6 Å². The number of likely N-dealkylation sites (tertiary alicyclic amines) is 1. The summed E-state index contributed by atoms with van der Waals surface area (Å²) in [5.41, 5.74) is 6.28. The van der Waals surface area contributed by atoms with Crippen LogP contribution < -0.4 is 11.1 Å². The van der Waals surface area contributed by atoms with Crippen molar-refractivity contribution in [1.82, 2.24) is 10.2 Å². The third kappa shape index (κ3) is 5.08. The molecule has 0 aromatic heterocycles. The molecule has 3 N–H and O–H groups in total. The molecule has 2 amide bonds. The topological polar surface area (TPSA) is 67.6 Å². The Balaban J connectivity index is 1.83. The molecule has 23 heavy (non-hydrogen) atoms. The average Bonchev–Trinajstić information content (AvgIpc) is 2.54. The van der Waals surface area contributed by atoms with Gasteiger partial charge in [-0.15, -0.1) is 0 Å². The first-order valence-electron chi connectivity index (χ1n) is 9.44. The number of nitrogens with two attached hydrogens (primary N) is 1. The van der Waals surface area contributed by atoms with Gasteiger partial charge in [0.25, 0.3) is 0 Å². The van der Waals surface area contributed by atoms with Crippen molar-refractivity contribution in [1.29, 1.82) is 0 Å². The Bertz CT molecular complexity index is 367. The van der Waals surface area contributed by atoms with E-state index in [1.165, 1.54) is 12.8 Å². The lowest BCUT2D eigenvalue weighted by molar-refractivity contribution is -0.0227. The molecule has 2 aliphatic rings. The van der Waals surface area contributed by atoms with E-state index in [0.717, 1.165) is 44.1 Å². The van der Waals surface area contributed by atoms with E-state index in [0.29, 0.717) is 19.3 Å². The van der Waals surface area contributed by atoms with Gasteiger partial charge < -0.3 is 20.7 Å². The lowest BCUT2D eigenvalue weighted by atomic mass is 9.80. The van der Waals surface area contributed by atoms with Crippen LogP contribution in [0.4, 0.5) is 4.79 Å². The predicted molar refractivity (Wildman–Crippen MR) is 93.3 cm³/mol. The van der Waals surface area contributed by atoms with Gasteiger partial charge in [0, 0.05) is 19.1 Å². The van der Waals surface area contributed by atoms with Crippen LogP contribution in [0, 0.1) is 11.8 Å². The third-order valence-corrected chi connectivity index (χ3v) is 5.58. The molecule has 1 saturated heterocycles. The van der Waals surface area contributed by atoms with E-state index < -0.39 is 0 Å². The molecule has 1 aliphatic heterocycles. The first-order valence-corrected chi connectivity index (χ1v) is 9.44. The van der Waals surface area contributed by atoms with Gasteiger partial charge >= 0.3 is 6.03 Å². The Labute approximate surface area is 141 Å². The summed E-state index contributed by atoms with van der Waals surface area (Å²) in [6, 6.07) is 0.0382. The molecule has 1 unspecified atom stereocenters. The minimum atomic E-state index is -0.000217. The van der Waals surface area contributed by atoms with Crippen molar-refractivity contribution in [3.05, 3.63) is 0 Å². The van der Waals surface area contributed by atoms with E-state index in [2.05, 4.69) is 19.2 Å². The highest BCUT2D eigenvalue weighted by Gasteiger charge is 2.33. The molecule has 0 aromatic carbocycles. The van der Waals surface area contributed by atoms with E-state index in [9.17, 15) is 4.79 Å². The van der Waals surface area contributed by atoms with Gasteiger partial charge in [-0.1, -0.05) is 13.8 Å². The number of hydrogen-bond acceptors (Lipinski definition) is 3. The summed E-state index contributed by atoms with van der Waals surface area (Å²) in [7, 11) is 0. The van der Waals surface area contributed by atoms with E-state index in [1.807, 2.05) is 11.8 Å². The Morgan fingerprint density at radius 2 is 1.96 bits per heavy atom. The Morgan fingerprint density at radius 3 is 2.57 bits per heavy atom. The molecule has 2 rings (SSSR count). The molecule has 5 heteroatoms. The number of nitrogens with zero attached hydrogens (tertiary/aromatic N) is 1. The second-order valence-corrected chi connectivity index (χ2v) is 7.52. The number of urea groups is 1. The minimum absolute atomic E-state index is 0.000217. The molecule has 2 fully saturated rings. The smallest absolute Gasteiger partial charge is 0.317 e. The zero-order chi connectivity index (χ0) is 16.8. The zero-order valence-corrected chi connectivity index (χ0v) is 15.1. The molecule has 0 aromatic rings. The van der Waals surface area contributed by atoms with Gasteiger partial charge in [-0.05, 0) is 57.3 Å². The van der Waals surface area contributed by atoms with E-state index in [4.69, 9.17) is 10.5 Å². The van der Waals surface area contributed by atoms with Crippen LogP contribution in [0.1, 0.15) is 59.3 Å². The van der Waals surface area contributed by atoms with Crippen LogP contribution in [-0.4, -0.2) is 48.8 Å². The number of amides is 2. The average molecular weight is 325 g/mol. The molecule has 2 atom stereocenters. The molecule has 1 heterocycles. The van der Waals surface area contributed by atoms with E-state index in [1.54, 1.807) is 0 Å². The fourth-order valence-electron chi connectivity index (χ4n) is 3.96. The van der Waals surface area contributed by atoms with Gasteiger partial charge in [0.1, 0.15) is 0 Å². The van der Waals surface area contributed by atoms with Crippen molar-refractivity contribution in [2.45, 2.75) is 77.5 Å². The Morgan fingerprint density at radius 1 is 1.26 bits per heavy atom. The molecule has 0 bridgehead atoms. The molecule has 134 valence electrons. The zero-order valence-electron chi connectivity index (χ0n) is 15.1. The molecule has 1 saturated carbocycles. The lowest BCUT2D eigenvalue weighted by Crippen LogP contribution is -2.58. The summed E-state index contributed by atoms with van der Waals surface area (Å²) in [5, 5.41) is 2.90. The highest BCUT2D eigenvalue weighted by atomic mass is 16.5. The van der Waals surface area contributed by atoms with Gasteiger partial charge in [0.2, 0.25) is 0 Å². The van der Waals surface area contributed by atoms with Gasteiger partial charge in [-0.2, -0.15) is 0 Å². The normalized spacial score (nSPS) is 32.1. The maximum atomic E-state index is 12.2. The second kappa shape index (κ2) is 8.88. The first-order chi connectivity index (χ1) is 11.0. The van der Waals surface area contributed by atoms with Crippen molar-refractivity contribution >= 4 is 6.03 Å². The van der Waals surface area contributed by atoms with Crippen LogP contribution in [0.3, 0.4) is 0 Å². The standard InChI is InChI=1S/C18H35N3O2/c1-4-20-18(22)21-11-5-6-16(19)17(21)12-23-15-9-7-14(8-10-15)13(2)3/h13-17H,4-12,19H2,1-3H3,(H,20,22)/t14?,15?,16?,17-/m0/s1. The molecular weight excluding hydrogens is 290 g/mol. The summed E-state index contributed by atoms with van der Waals surface area (Å²) in [6.07, 6.45) is 7.12. The Kier molecular flexibility index (Phi) is 7.15. The van der Waals surface area contributed by atoms with Crippen molar-refractivity contribution in [3.63, 3.8) is 0 Å². The highest BCUT2D eigenvalue weighted by Crippen LogP contribution is 2.31. The van der Waals surface area contributed by atoms with Crippen molar-refractivity contribution < 1.29 is 9.53 Å². The largest absolute Gasteiger partial charge is 0.376 e. The van der Waals surface area contributed by atoms with Crippen molar-refractivity contribution in [2.75, 3.05) is 19.7 Å². The number of rotatable bonds is 5. The van der Waals surface area contributed by atoms with E-state index in [-0.39, 0.29) is 18.1 Å². The van der Waals surface area contributed by atoms with Crippen LogP contribution in [0.5, 0.6) is 0 Å². The van der Waals surface area contributed by atoms with Crippen LogP contribution in [0.2, 0.25) is 0 Å². The van der Waals surface area contributed by atoms with Crippen LogP contribution in [0.25, 0.3) is 0 Å². The van der Waals surface area contributed by atoms with Crippen molar-refractivity contribution in [3.8, 4) is 0 Å². The Hall–Kier alpha value is -0.810. The number of carbonyl (C=O) groups excluding carboxylic acids is 1. The highest BCUT2D eigenvalue weighted by molar-refractivity contribution is 5.74. The van der Waals surface area contributed by atoms with Crippen LogP contribution in [0.15, 0.2) is 0 Å². The number of nitrogens with one attached hydrogen (secondary N) is 1. The molecule has 0 radical (unpaired) electrons. The predicted octanol–water partition coefficient (Wildman–Crippen LogP) is 2.74. The molecule has 5 nitrogen and oxygen atoms in total. The number of piperidine rings is 1. The first kappa shape index (κ1) is 18.5. The molecule has 1 aliphatic carbocycles. The summed E-state index contributed by atoms with van der Waals surface area (Å²) < 4.78 is 6.18. The SMILES string of the molecule is CCNC(=O)N1CCCC(N)[C@@H]1COC1CCC(C(C)C)CC1. The van der Waals surface area contributed by atoms with E-state index >= 15 is 0 Å². The minimum Gasteiger partial charge on any atom is -0.376 e. The third-order valence-electron chi connectivity index (χ3n) is 5.58. The second-order valence-electron chi connectivity index (χ2n) is 7.52. The number of hydrogen-bond donors (Lipinski definition) is 2. The molecular formula is C18H35N3O2. The molecule has 0 spiro atoms. The quantitative estimate of drug-likeness (QED) is 0.817. The van der Waals surface area contributed by atoms with Crippen LogP contribution in [-0.2, 0) is 4.74 Å². The monoisotopic (exact) mass is 325 g/mol. The van der Waals surface area contributed by atoms with Crippen LogP contribution >= 0.6 is 0 Å². The van der Waals surface area contributed by atoms with Gasteiger partial charge in [0.15, 0.2) is 0 Å². The number of ether oxygens (including phenoxy) is 1. The van der Waals surface area contributed by atoms with Gasteiger partial charge in [0.05, 0.1) is 18.8 Å². The maximum Gasteiger partial charge on any atom is 0.317 e. The summed E-state index contributed by atoms with van der Waals surface area (Å²) >= 11 is 0. The summed E-state index contributed by atoms with van der Waals surface area (Å²) in [6.45, 7) is 8.59.